The Balaban J connectivity index is 1.90. The van der Waals surface area contributed by atoms with E-state index in [0.717, 1.165) is 12.0 Å². The summed E-state index contributed by atoms with van der Waals surface area (Å²) in [7, 11) is 0. The predicted molar refractivity (Wildman–Crippen MR) is 77.0 cm³/mol. The van der Waals surface area contributed by atoms with Gasteiger partial charge >= 0.3 is 0 Å². The minimum Gasteiger partial charge on any atom is -0.334 e. The average molecular weight is 289 g/mol. The van der Waals surface area contributed by atoms with Gasteiger partial charge in [-0.3, -0.25) is 9.59 Å². The molecule has 0 saturated heterocycles. The number of nitrogens with zero attached hydrogens (tertiary/aromatic N) is 1. The summed E-state index contributed by atoms with van der Waals surface area (Å²) in [5, 5.41) is 0.352. The van der Waals surface area contributed by atoms with E-state index in [9.17, 15) is 9.59 Å². The van der Waals surface area contributed by atoms with E-state index in [2.05, 4.69) is 11.1 Å². The van der Waals surface area contributed by atoms with Crippen molar-refractivity contribution >= 4 is 17.5 Å². The van der Waals surface area contributed by atoms with Gasteiger partial charge in [0, 0.05) is 19.3 Å². The van der Waals surface area contributed by atoms with Crippen molar-refractivity contribution in [3.05, 3.63) is 68.6 Å². The Morgan fingerprint density at radius 2 is 2.00 bits per heavy atom. The number of hydrogen-bond donors (Lipinski definition) is 1. The Morgan fingerprint density at radius 3 is 2.80 bits per heavy atom. The van der Waals surface area contributed by atoms with Crippen molar-refractivity contribution in [3.8, 4) is 0 Å². The number of pyridine rings is 1. The summed E-state index contributed by atoms with van der Waals surface area (Å²) in [6, 6.07) is 9.46. The molecule has 0 atom stereocenters. The summed E-state index contributed by atoms with van der Waals surface area (Å²) in [6.07, 6.45) is 2.19. The van der Waals surface area contributed by atoms with E-state index in [1.165, 1.54) is 17.8 Å². The van der Waals surface area contributed by atoms with Crippen LogP contribution in [-0.4, -0.2) is 22.3 Å². The molecule has 0 radical (unpaired) electrons. The van der Waals surface area contributed by atoms with Crippen LogP contribution in [0, 0.1) is 0 Å². The minimum atomic E-state index is -0.404. The Labute approximate surface area is 121 Å². The van der Waals surface area contributed by atoms with Crippen LogP contribution in [0.25, 0.3) is 0 Å². The van der Waals surface area contributed by atoms with Gasteiger partial charge in [0.1, 0.15) is 5.56 Å². The van der Waals surface area contributed by atoms with Gasteiger partial charge in [0.05, 0.1) is 5.02 Å². The lowest BCUT2D eigenvalue weighted by molar-refractivity contribution is 0.0733. The van der Waals surface area contributed by atoms with E-state index < -0.39 is 5.56 Å². The maximum Gasteiger partial charge on any atom is 0.260 e. The lowest BCUT2D eigenvalue weighted by Crippen LogP contribution is -2.38. The minimum absolute atomic E-state index is 0.0943. The first-order chi connectivity index (χ1) is 9.65. The number of amides is 1. The summed E-state index contributed by atoms with van der Waals surface area (Å²) in [5.74, 6) is -0.275. The van der Waals surface area contributed by atoms with Gasteiger partial charge in [-0.1, -0.05) is 35.9 Å². The third-order valence-electron chi connectivity index (χ3n) is 3.52. The van der Waals surface area contributed by atoms with Gasteiger partial charge in [0.25, 0.3) is 11.5 Å². The zero-order valence-corrected chi connectivity index (χ0v) is 11.5. The maximum atomic E-state index is 12.4. The van der Waals surface area contributed by atoms with E-state index in [-0.39, 0.29) is 11.5 Å². The summed E-state index contributed by atoms with van der Waals surface area (Å²) in [4.78, 5) is 28.3. The predicted octanol–water partition coefficient (Wildman–Crippen LogP) is 2.23. The lowest BCUT2D eigenvalue weighted by Gasteiger charge is -2.28. The normalized spacial score (nSPS) is 13.9. The quantitative estimate of drug-likeness (QED) is 0.875. The molecule has 3 rings (SSSR count). The molecule has 102 valence electrons. The highest BCUT2D eigenvalue weighted by Crippen LogP contribution is 2.20. The molecule has 2 heterocycles. The first kappa shape index (κ1) is 12.9. The van der Waals surface area contributed by atoms with Crippen LogP contribution in [0.4, 0.5) is 0 Å². The highest BCUT2D eigenvalue weighted by molar-refractivity contribution is 6.30. The molecule has 0 unspecified atom stereocenters. The van der Waals surface area contributed by atoms with Crippen molar-refractivity contribution in [1.82, 2.24) is 9.88 Å². The standard InChI is InChI=1S/C15H13ClN2O2/c16-12-7-13(14(19)17-8-12)15(20)18-6-5-10-3-1-2-4-11(10)9-18/h1-4,7-8H,5-6,9H2,(H,17,19). The summed E-state index contributed by atoms with van der Waals surface area (Å²) in [6.45, 7) is 1.14. The molecule has 1 aliphatic rings. The second-order valence-corrected chi connectivity index (χ2v) is 5.24. The number of aromatic amines is 1. The van der Waals surface area contributed by atoms with Crippen molar-refractivity contribution in [2.45, 2.75) is 13.0 Å². The van der Waals surface area contributed by atoms with Gasteiger partial charge in [-0.05, 0) is 23.6 Å². The smallest absolute Gasteiger partial charge is 0.260 e. The van der Waals surface area contributed by atoms with Gasteiger partial charge < -0.3 is 9.88 Å². The van der Waals surface area contributed by atoms with Gasteiger partial charge in [0.2, 0.25) is 0 Å². The first-order valence-electron chi connectivity index (χ1n) is 6.39. The molecule has 2 aromatic rings. The van der Waals surface area contributed by atoms with Crippen LogP contribution in [0.15, 0.2) is 41.3 Å². The van der Waals surface area contributed by atoms with E-state index >= 15 is 0 Å². The first-order valence-corrected chi connectivity index (χ1v) is 6.77. The van der Waals surface area contributed by atoms with Gasteiger partial charge in [-0.15, -0.1) is 0 Å². The van der Waals surface area contributed by atoms with Gasteiger partial charge in [-0.2, -0.15) is 0 Å². The third kappa shape index (κ3) is 2.34. The number of halogens is 1. The summed E-state index contributed by atoms with van der Waals surface area (Å²) >= 11 is 5.84. The summed E-state index contributed by atoms with van der Waals surface area (Å²) < 4.78 is 0. The average Bonchev–Trinajstić information content (AvgIpc) is 2.48. The number of fused-ring (bicyclic) bond motifs is 1. The molecule has 4 nitrogen and oxygen atoms in total. The number of H-pyrrole nitrogens is 1. The number of hydrogen-bond acceptors (Lipinski definition) is 2. The largest absolute Gasteiger partial charge is 0.334 e. The molecule has 0 spiro atoms. The van der Waals surface area contributed by atoms with Gasteiger partial charge in [-0.25, -0.2) is 0 Å². The van der Waals surface area contributed by atoms with Crippen LogP contribution in [0.2, 0.25) is 5.02 Å². The number of nitrogens with one attached hydrogen (secondary N) is 1. The molecule has 1 amide bonds. The maximum absolute atomic E-state index is 12.4. The van der Waals surface area contributed by atoms with E-state index in [1.54, 1.807) is 4.90 Å². The topological polar surface area (TPSA) is 53.2 Å². The third-order valence-corrected chi connectivity index (χ3v) is 3.73. The number of rotatable bonds is 1. The highest BCUT2D eigenvalue weighted by atomic mass is 35.5. The van der Waals surface area contributed by atoms with E-state index in [0.29, 0.717) is 18.1 Å². The van der Waals surface area contributed by atoms with Crippen LogP contribution >= 0.6 is 11.6 Å². The second kappa shape index (κ2) is 5.13. The molecule has 1 aromatic heterocycles. The molecular weight excluding hydrogens is 276 g/mol. The van der Waals surface area contributed by atoms with Crippen LogP contribution in [0.5, 0.6) is 0 Å². The highest BCUT2D eigenvalue weighted by Gasteiger charge is 2.23. The SMILES string of the molecule is O=C(c1cc(Cl)c[nH]c1=O)N1CCc2ccccc2C1. The second-order valence-electron chi connectivity index (χ2n) is 4.81. The Kier molecular flexibility index (Phi) is 3.32. The number of benzene rings is 1. The molecule has 0 saturated carbocycles. The van der Waals surface area contributed by atoms with Crippen LogP contribution in [-0.2, 0) is 13.0 Å². The molecular formula is C15H13ClN2O2. The van der Waals surface area contributed by atoms with Gasteiger partial charge in [0.15, 0.2) is 0 Å². The molecule has 5 heteroatoms. The lowest BCUT2D eigenvalue weighted by atomic mass is 9.99. The Hall–Kier alpha value is -2.07. The van der Waals surface area contributed by atoms with Crippen molar-refractivity contribution in [2.24, 2.45) is 0 Å². The zero-order chi connectivity index (χ0) is 14.1. The number of carbonyl (C=O) groups excluding carboxylic acids is 1. The van der Waals surface area contributed by atoms with E-state index in [4.69, 9.17) is 11.6 Å². The molecule has 1 N–H and O–H groups in total. The van der Waals surface area contributed by atoms with Crippen LogP contribution in [0.1, 0.15) is 21.5 Å². The van der Waals surface area contributed by atoms with Crippen LogP contribution in [0.3, 0.4) is 0 Å². The number of carbonyl (C=O) groups is 1. The van der Waals surface area contributed by atoms with Crippen molar-refractivity contribution in [3.63, 3.8) is 0 Å². The molecule has 20 heavy (non-hydrogen) atoms. The Bertz CT molecular complexity index is 724. The Morgan fingerprint density at radius 1 is 1.25 bits per heavy atom. The molecule has 0 aliphatic carbocycles. The van der Waals surface area contributed by atoms with Crippen molar-refractivity contribution < 1.29 is 4.79 Å². The fraction of sp³-hybridized carbons (Fsp3) is 0.200. The van der Waals surface area contributed by atoms with Crippen molar-refractivity contribution in [1.29, 1.82) is 0 Å². The monoisotopic (exact) mass is 288 g/mol. The molecule has 1 aromatic carbocycles. The fourth-order valence-electron chi connectivity index (χ4n) is 2.46. The van der Waals surface area contributed by atoms with Crippen LogP contribution < -0.4 is 5.56 Å². The zero-order valence-electron chi connectivity index (χ0n) is 10.7. The summed E-state index contributed by atoms with van der Waals surface area (Å²) in [5.41, 5.74) is 2.08. The number of aromatic nitrogens is 1. The molecule has 0 bridgehead atoms. The van der Waals surface area contributed by atoms with E-state index in [1.807, 2.05) is 18.2 Å². The molecule has 1 aliphatic heterocycles. The molecule has 0 fully saturated rings. The van der Waals surface area contributed by atoms with Crippen molar-refractivity contribution in [2.75, 3.05) is 6.54 Å². The fourth-order valence-corrected chi connectivity index (χ4v) is 2.62.